The van der Waals surface area contributed by atoms with Crippen LogP contribution in [0.25, 0.3) is 10.6 Å². The molecule has 1 aliphatic heterocycles. The van der Waals surface area contributed by atoms with Gasteiger partial charge in [-0.3, -0.25) is 9.48 Å². The van der Waals surface area contributed by atoms with Crippen LogP contribution in [0.4, 0.5) is 4.39 Å². The summed E-state index contributed by atoms with van der Waals surface area (Å²) in [6.07, 6.45) is 3.98. The van der Waals surface area contributed by atoms with Gasteiger partial charge in [0.05, 0.1) is 24.0 Å². The number of hydrogen-bond acceptors (Lipinski definition) is 4. The molecule has 0 saturated heterocycles. The fourth-order valence-electron chi connectivity index (χ4n) is 2.83. The zero-order valence-electron chi connectivity index (χ0n) is 13.1. The summed E-state index contributed by atoms with van der Waals surface area (Å²) >= 11 is 1.46. The van der Waals surface area contributed by atoms with Gasteiger partial charge in [-0.2, -0.15) is 5.10 Å². The molecule has 122 valence electrons. The molecule has 0 N–H and O–H groups in total. The lowest BCUT2D eigenvalue weighted by atomic mass is 10.1. The summed E-state index contributed by atoms with van der Waals surface area (Å²) in [5.74, 6) is -0.304. The summed E-state index contributed by atoms with van der Waals surface area (Å²) in [6.45, 7) is 1.12. The Kier molecular flexibility index (Phi) is 3.65. The Labute approximate surface area is 142 Å². The van der Waals surface area contributed by atoms with Crippen LogP contribution in [0.2, 0.25) is 0 Å². The summed E-state index contributed by atoms with van der Waals surface area (Å²) < 4.78 is 15.6. The van der Waals surface area contributed by atoms with Gasteiger partial charge >= 0.3 is 0 Å². The van der Waals surface area contributed by atoms with Crippen LogP contribution < -0.4 is 0 Å². The number of thiazole rings is 1. The molecule has 0 unspecified atom stereocenters. The molecule has 1 aromatic carbocycles. The SMILES string of the molecule is Cn1cc(C(=O)N2CCc3nc(-c4ccccc4F)sc3C2)cn1. The van der Waals surface area contributed by atoms with E-state index in [1.807, 2.05) is 0 Å². The third kappa shape index (κ3) is 2.60. The van der Waals surface area contributed by atoms with Crippen molar-refractivity contribution >= 4 is 17.2 Å². The first-order valence-corrected chi connectivity index (χ1v) is 8.45. The van der Waals surface area contributed by atoms with Crippen molar-refractivity contribution < 1.29 is 9.18 Å². The maximum atomic E-state index is 14.0. The van der Waals surface area contributed by atoms with E-state index in [2.05, 4.69) is 10.1 Å². The van der Waals surface area contributed by atoms with Crippen molar-refractivity contribution in [3.8, 4) is 10.6 Å². The second kappa shape index (κ2) is 5.83. The third-order valence-electron chi connectivity index (χ3n) is 4.07. The molecule has 0 bridgehead atoms. The number of aryl methyl sites for hydroxylation is 1. The monoisotopic (exact) mass is 342 g/mol. The number of halogens is 1. The van der Waals surface area contributed by atoms with E-state index in [0.29, 0.717) is 35.6 Å². The van der Waals surface area contributed by atoms with Gasteiger partial charge in [-0.05, 0) is 12.1 Å². The van der Waals surface area contributed by atoms with Crippen molar-refractivity contribution in [2.45, 2.75) is 13.0 Å². The lowest BCUT2D eigenvalue weighted by Gasteiger charge is -2.25. The lowest BCUT2D eigenvalue weighted by Crippen LogP contribution is -2.35. The van der Waals surface area contributed by atoms with Gasteiger partial charge in [0.1, 0.15) is 10.8 Å². The number of carbonyl (C=O) groups excluding carboxylic acids is 1. The van der Waals surface area contributed by atoms with Crippen molar-refractivity contribution in [2.75, 3.05) is 6.54 Å². The first kappa shape index (κ1) is 15.0. The molecule has 0 radical (unpaired) electrons. The molecular weight excluding hydrogens is 327 g/mol. The Morgan fingerprint density at radius 3 is 2.92 bits per heavy atom. The molecule has 0 atom stereocenters. The normalized spacial score (nSPS) is 13.8. The minimum Gasteiger partial charge on any atom is -0.333 e. The van der Waals surface area contributed by atoms with Crippen LogP contribution in [0.3, 0.4) is 0 Å². The highest BCUT2D eigenvalue weighted by atomic mass is 32.1. The Bertz CT molecular complexity index is 917. The summed E-state index contributed by atoms with van der Waals surface area (Å²) in [7, 11) is 1.79. The maximum absolute atomic E-state index is 14.0. The maximum Gasteiger partial charge on any atom is 0.257 e. The molecule has 1 aliphatic rings. The van der Waals surface area contributed by atoms with E-state index < -0.39 is 0 Å². The average Bonchev–Trinajstić information content (AvgIpc) is 3.20. The fourth-order valence-corrected chi connectivity index (χ4v) is 3.98. The number of carbonyl (C=O) groups is 1. The Morgan fingerprint density at radius 1 is 1.33 bits per heavy atom. The van der Waals surface area contributed by atoms with E-state index in [1.165, 1.54) is 17.4 Å². The molecule has 5 nitrogen and oxygen atoms in total. The zero-order valence-corrected chi connectivity index (χ0v) is 13.9. The van der Waals surface area contributed by atoms with Crippen LogP contribution >= 0.6 is 11.3 Å². The Morgan fingerprint density at radius 2 is 2.17 bits per heavy atom. The molecule has 7 heteroatoms. The van der Waals surface area contributed by atoms with Gasteiger partial charge in [-0.1, -0.05) is 12.1 Å². The Hall–Kier alpha value is -2.54. The minimum atomic E-state index is -0.271. The topological polar surface area (TPSA) is 51.0 Å². The Balaban J connectivity index is 1.60. The van der Waals surface area contributed by atoms with Gasteiger partial charge in [0, 0.05) is 36.7 Å². The second-order valence-electron chi connectivity index (χ2n) is 5.75. The molecule has 0 saturated carbocycles. The molecule has 0 aliphatic carbocycles. The number of amides is 1. The van der Waals surface area contributed by atoms with Gasteiger partial charge in [-0.25, -0.2) is 9.37 Å². The van der Waals surface area contributed by atoms with Crippen molar-refractivity contribution in [3.05, 3.63) is 58.6 Å². The highest BCUT2D eigenvalue weighted by Crippen LogP contribution is 2.33. The van der Waals surface area contributed by atoms with Crippen molar-refractivity contribution in [3.63, 3.8) is 0 Å². The van der Waals surface area contributed by atoms with Crippen LogP contribution in [0.15, 0.2) is 36.7 Å². The number of aromatic nitrogens is 3. The van der Waals surface area contributed by atoms with Crippen LogP contribution in [0, 0.1) is 5.82 Å². The highest BCUT2D eigenvalue weighted by Gasteiger charge is 2.26. The van der Waals surface area contributed by atoms with Crippen LogP contribution in [0.5, 0.6) is 0 Å². The van der Waals surface area contributed by atoms with Gasteiger partial charge in [0.2, 0.25) is 0 Å². The first-order valence-electron chi connectivity index (χ1n) is 7.63. The summed E-state index contributed by atoms with van der Waals surface area (Å²) in [5, 5.41) is 4.72. The second-order valence-corrected chi connectivity index (χ2v) is 6.83. The number of nitrogens with zero attached hydrogens (tertiary/aromatic N) is 4. The van der Waals surface area contributed by atoms with E-state index in [0.717, 1.165) is 10.6 Å². The number of hydrogen-bond donors (Lipinski definition) is 0. The predicted molar refractivity (Wildman–Crippen MR) is 89.2 cm³/mol. The molecule has 3 heterocycles. The van der Waals surface area contributed by atoms with E-state index in [-0.39, 0.29) is 11.7 Å². The van der Waals surface area contributed by atoms with Gasteiger partial charge in [0.25, 0.3) is 5.91 Å². The number of fused-ring (bicyclic) bond motifs is 1. The number of rotatable bonds is 2. The largest absolute Gasteiger partial charge is 0.333 e. The van der Waals surface area contributed by atoms with E-state index in [1.54, 1.807) is 47.2 Å². The standard InChI is InChI=1S/C17H15FN4OS/c1-21-9-11(8-19-21)17(23)22-7-6-14-15(10-22)24-16(20-14)12-4-2-3-5-13(12)18/h2-5,8-9H,6-7,10H2,1H3. The molecule has 0 fully saturated rings. The van der Waals surface area contributed by atoms with Crippen molar-refractivity contribution in [1.29, 1.82) is 0 Å². The summed E-state index contributed by atoms with van der Waals surface area (Å²) in [6, 6.07) is 6.64. The minimum absolute atomic E-state index is 0.0328. The van der Waals surface area contributed by atoms with Crippen LogP contribution in [-0.4, -0.2) is 32.1 Å². The molecule has 1 amide bonds. The highest BCUT2D eigenvalue weighted by molar-refractivity contribution is 7.15. The molecule has 24 heavy (non-hydrogen) atoms. The van der Waals surface area contributed by atoms with Crippen LogP contribution in [-0.2, 0) is 20.0 Å². The molecule has 2 aromatic heterocycles. The van der Waals surface area contributed by atoms with Crippen molar-refractivity contribution in [2.24, 2.45) is 7.05 Å². The van der Waals surface area contributed by atoms with Gasteiger partial charge < -0.3 is 4.90 Å². The van der Waals surface area contributed by atoms with Gasteiger partial charge in [0.15, 0.2) is 0 Å². The quantitative estimate of drug-likeness (QED) is 0.719. The van der Waals surface area contributed by atoms with Gasteiger partial charge in [-0.15, -0.1) is 11.3 Å². The van der Waals surface area contributed by atoms with Crippen molar-refractivity contribution in [1.82, 2.24) is 19.7 Å². The third-order valence-corrected chi connectivity index (χ3v) is 5.19. The molecule has 3 aromatic rings. The van der Waals surface area contributed by atoms with E-state index in [4.69, 9.17) is 0 Å². The van der Waals surface area contributed by atoms with E-state index in [9.17, 15) is 9.18 Å². The zero-order chi connectivity index (χ0) is 16.7. The van der Waals surface area contributed by atoms with Crippen LogP contribution in [0.1, 0.15) is 20.9 Å². The molecular formula is C17H15FN4OS. The lowest BCUT2D eigenvalue weighted by molar-refractivity contribution is 0.0736. The summed E-state index contributed by atoms with van der Waals surface area (Å²) in [4.78, 5) is 19.9. The smallest absolute Gasteiger partial charge is 0.257 e. The molecule has 0 spiro atoms. The average molecular weight is 342 g/mol. The first-order chi connectivity index (χ1) is 11.6. The number of benzene rings is 1. The van der Waals surface area contributed by atoms with E-state index >= 15 is 0 Å². The fraction of sp³-hybridized carbons (Fsp3) is 0.235. The predicted octanol–water partition coefficient (Wildman–Crippen LogP) is 2.88. The molecule has 4 rings (SSSR count). The summed E-state index contributed by atoms with van der Waals surface area (Å²) in [5.41, 5.74) is 2.07.